The van der Waals surface area contributed by atoms with Gasteiger partial charge in [-0.05, 0) is 25.5 Å². The van der Waals surface area contributed by atoms with Crippen LogP contribution in [0.3, 0.4) is 0 Å². The number of anilines is 1. The van der Waals surface area contributed by atoms with E-state index in [2.05, 4.69) is 5.32 Å². The minimum atomic E-state index is -0.185. The molecule has 0 saturated carbocycles. The zero-order chi connectivity index (χ0) is 23.5. The number of aromatic nitrogens is 1. The zero-order valence-electron chi connectivity index (χ0n) is 19.1. The maximum absolute atomic E-state index is 13.0. The lowest BCUT2D eigenvalue weighted by Crippen LogP contribution is -2.31. The maximum atomic E-state index is 13.0. The third-order valence-electron chi connectivity index (χ3n) is 5.66. The highest BCUT2D eigenvalue weighted by Gasteiger charge is 2.24. The average Bonchev–Trinajstić information content (AvgIpc) is 3.19. The number of pyridine rings is 1. The number of benzene rings is 2. The number of carbonyl (C=O) groups is 1. The molecule has 0 saturated heterocycles. The second kappa shape index (κ2) is 9.50. The van der Waals surface area contributed by atoms with Crippen molar-refractivity contribution < 1.29 is 14.3 Å². The standard InChI is InChI=1S/C26H27N3O3S/c1-5-15(2)28-25(30)24-22(27)21-18(17-12-9-13-20(31-3)23(17)32-4)14-19(29-26(21)33-24)16-10-7-6-8-11-16/h6-15H,5,27H2,1-4H3,(H,28,30). The van der Waals surface area contributed by atoms with Crippen LogP contribution in [-0.2, 0) is 0 Å². The molecule has 2 aromatic carbocycles. The van der Waals surface area contributed by atoms with Crippen LogP contribution in [-0.4, -0.2) is 31.2 Å². The first-order valence-electron chi connectivity index (χ1n) is 10.8. The molecule has 6 nitrogen and oxygen atoms in total. The monoisotopic (exact) mass is 461 g/mol. The van der Waals surface area contributed by atoms with E-state index >= 15 is 0 Å². The summed E-state index contributed by atoms with van der Waals surface area (Å²) in [5.74, 6) is 1.03. The molecule has 0 aliphatic carbocycles. The number of amides is 1. The summed E-state index contributed by atoms with van der Waals surface area (Å²) in [6.07, 6.45) is 0.833. The van der Waals surface area contributed by atoms with Gasteiger partial charge in [-0.25, -0.2) is 4.98 Å². The van der Waals surface area contributed by atoms with E-state index in [1.165, 1.54) is 11.3 Å². The fraction of sp³-hybridized carbons (Fsp3) is 0.231. The second-order valence-corrected chi connectivity index (χ2v) is 8.77. The number of para-hydroxylation sites is 1. The van der Waals surface area contributed by atoms with Crippen LogP contribution in [0.5, 0.6) is 11.5 Å². The van der Waals surface area contributed by atoms with Gasteiger partial charge < -0.3 is 20.5 Å². The molecule has 7 heteroatoms. The minimum Gasteiger partial charge on any atom is -0.493 e. The molecule has 33 heavy (non-hydrogen) atoms. The minimum absolute atomic E-state index is 0.0490. The van der Waals surface area contributed by atoms with E-state index in [0.717, 1.165) is 34.2 Å². The van der Waals surface area contributed by atoms with E-state index < -0.39 is 0 Å². The number of thiophene rings is 1. The first-order valence-corrected chi connectivity index (χ1v) is 11.6. The van der Waals surface area contributed by atoms with Crippen molar-refractivity contribution in [2.75, 3.05) is 20.0 Å². The SMILES string of the molecule is CCC(C)NC(=O)c1sc2nc(-c3ccccc3)cc(-c3cccc(OC)c3OC)c2c1N. The Balaban J connectivity index is 2.01. The van der Waals surface area contributed by atoms with Gasteiger partial charge in [0.15, 0.2) is 11.5 Å². The first-order chi connectivity index (χ1) is 16.0. The van der Waals surface area contributed by atoms with E-state index in [4.69, 9.17) is 20.2 Å². The van der Waals surface area contributed by atoms with Gasteiger partial charge in [-0.2, -0.15) is 0 Å². The van der Waals surface area contributed by atoms with Crippen LogP contribution in [0.1, 0.15) is 29.9 Å². The molecule has 170 valence electrons. The van der Waals surface area contributed by atoms with Crippen LogP contribution < -0.4 is 20.5 Å². The molecule has 0 aliphatic rings. The molecule has 1 amide bonds. The highest BCUT2D eigenvalue weighted by atomic mass is 32.1. The van der Waals surface area contributed by atoms with Gasteiger partial charge >= 0.3 is 0 Å². The van der Waals surface area contributed by atoms with Crippen molar-refractivity contribution in [2.45, 2.75) is 26.3 Å². The highest BCUT2D eigenvalue weighted by Crippen LogP contribution is 2.46. The average molecular weight is 462 g/mol. The number of nitrogens with one attached hydrogen (secondary N) is 1. The van der Waals surface area contributed by atoms with E-state index in [1.54, 1.807) is 14.2 Å². The van der Waals surface area contributed by atoms with Gasteiger partial charge in [0.2, 0.25) is 0 Å². The summed E-state index contributed by atoms with van der Waals surface area (Å²) in [6.45, 7) is 4.00. The third-order valence-corrected chi connectivity index (χ3v) is 6.76. The van der Waals surface area contributed by atoms with Gasteiger partial charge in [-0.15, -0.1) is 11.3 Å². The first kappa shape index (κ1) is 22.6. The molecule has 0 spiro atoms. The Morgan fingerprint density at radius 2 is 1.85 bits per heavy atom. The predicted molar refractivity (Wildman–Crippen MR) is 135 cm³/mol. The molecule has 4 aromatic rings. The summed E-state index contributed by atoms with van der Waals surface area (Å²) in [5.41, 5.74) is 10.4. The smallest absolute Gasteiger partial charge is 0.263 e. The van der Waals surface area contributed by atoms with Crippen LogP contribution >= 0.6 is 11.3 Å². The summed E-state index contributed by atoms with van der Waals surface area (Å²) >= 11 is 1.31. The zero-order valence-corrected chi connectivity index (χ0v) is 20.0. The largest absolute Gasteiger partial charge is 0.493 e. The number of nitrogens with zero attached hydrogens (tertiary/aromatic N) is 1. The maximum Gasteiger partial charge on any atom is 0.263 e. The Morgan fingerprint density at radius 1 is 1.09 bits per heavy atom. The third kappa shape index (κ3) is 4.24. The number of hydrogen-bond donors (Lipinski definition) is 2. The molecule has 1 atom stereocenters. The quantitative estimate of drug-likeness (QED) is 0.365. The Labute approximate surface area is 197 Å². The molecule has 0 bridgehead atoms. The van der Waals surface area contributed by atoms with Crippen LogP contribution in [0, 0.1) is 0 Å². The van der Waals surface area contributed by atoms with Crippen molar-refractivity contribution >= 4 is 33.1 Å². The number of methoxy groups -OCH3 is 2. The summed E-state index contributed by atoms with van der Waals surface area (Å²) < 4.78 is 11.2. The second-order valence-electron chi connectivity index (χ2n) is 7.77. The van der Waals surface area contributed by atoms with E-state index in [9.17, 15) is 4.79 Å². The number of carbonyl (C=O) groups excluding carboxylic acids is 1. The van der Waals surface area contributed by atoms with Crippen molar-refractivity contribution in [1.29, 1.82) is 0 Å². The van der Waals surface area contributed by atoms with E-state index in [1.807, 2.05) is 68.4 Å². The van der Waals surface area contributed by atoms with Gasteiger partial charge in [0.05, 0.1) is 25.6 Å². The molecular weight excluding hydrogens is 434 g/mol. The van der Waals surface area contributed by atoms with Crippen LogP contribution in [0.2, 0.25) is 0 Å². The van der Waals surface area contributed by atoms with Crippen LogP contribution in [0.4, 0.5) is 5.69 Å². The Hall–Kier alpha value is -3.58. The van der Waals surface area contributed by atoms with Gasteiger partial charge in [-0.3, -0.25) is 4.79 Å². The Morgan fingerprint density at radius 3 is 2.52 bits per heavy atom. The van der Waals surface area contributed by atoms with Crippen LogP contribution in [0.25, 0.3) is 32.6 Å². The van der Waals surface area contributed by atoms with Gasteiger partial charge in [0.25, 0.3) is 5.91 Å². The molecular formula is C26H27N3O3S. The summed E-state index contributed by atoms with van der Waals surface area (Å²) in [6, 6.07) is 17.7. The van der Waals surface area contributed by atoms with Crippen LogP contribution in [0.15, 0.2) is 54.6 Å². The fourth-order valence-electron chi connectivity index (χ4n) is 3.75. The fourth-order valence-corrected chi connectivity index (χ4v) is 4.77. The lowest BCUT2D eigenvalue weighted by atomic mass is 9.98. The normalized spacial score (nSPS) is 11.9. The molecule has 3 N–H and O–H groups in total. The lowest BCUT2D eigenvalue weighted by Gasteiger charge is -2.15. The van der Waals surface area contributed by atoms with Crippen molar-refractivity contribution in [3.63, 3.8) is 0 Å². The van der Waals surface area contributed by atoms with E-state index in [0.29, 0.717) is 26.9 Å². The summed E-state index contributed by atoms with van der Waals surface area (Å²) in [4.78, 5) is 19.0. The molecule has 0 fully saturated rings. The van der Waals surface area contributed by atoms with Gasteiger partial charge in [0, 0.05) is 28.1 Å². The summed E-state index contributed by atoms with van der Waals surface area (Å²) in [5, 5.41) is 3.75. The number of nitrogens with two attached hydrogens (primary N) is 1. The Bertz CT molecular complexity index is 1300. The molecule has 0 radical (unpaired) electrons. The topological polar surface area (TPSA) is 86.5 Å². The number of rotatable bonds is 7. The number of nitrogen functional groups attached to an aromatic ring is 1. The molecule has 1 unspecified atom stereocenters. The molecule has 0 aliphatic heterocycles. The van der Waals surface area contributed by atoms with Crippen molar-refractivity contribution in [1.82, 2.24) is 10.3 Å². The van der Waals surface area contributed by atoms with Crippen molar-refractivity contribution in [2.24, 2.45) is 0 Å². The molecule has 2 heterocycles. The Kier molecular flexibility index (Phi) is 6.51. The summed E-state index contributed by atoms with van der Waals surface area (Å²) in [7, 11) is 3.22. The predicted octanol–water partition coefficient (Wildman–Crippen LogP) is 5.76. The number of hydrogen-bond acceptors (Lipinski definition) is 6. The highest BCUT2D eigenvalue weighted by molar-refractivity contribution is 7.21. The number of fused-ring (bicyclic) bond motifs is 1. The van der Waals surface area contributed by atoms with Crippen molar-refractivity contribution in [3.05, 3.63) is 59.5 Å². The number of ether oxygens (including phenoxy) is 2. The van der Waals surface area contributed by atoms with Gasteiger partial charge in [-0.1, -0.05) is 49.4 Å². The van der Waals surface area contributed by atoms with Crippen molar-refractivity contribution in [3.8, 4) is 33.9 Å². The molecule has 2 aromatic heterocycles. The van der Waals surface area contributed by atoms with Gasteiger partial charge in [0.1, 0.15) is 9.71 Å². The lowest BCUT2D eigenvalue weighted by molar-refractivity contribution is 0.0944. The molecule has 4 rings (SSSR count). The van der Waals surface area contributed by atoms with E-state index in [-0.39, 0.29) is 11.9 Å².